The lowest BCUT2D eigenvalue weighted by Crippen LogP contribution is -2.50. The quantitative estimate of drug-likeness (QED) is 0.328. The van der Waals surface area contributed by atoms with Crippen LogP contribution >= 0.6 is 0 Å². The van der Waals surface area contributed by atoms with E-state index < -0.39 is 22.5 Å². The number of ether oxygens (including phenoxy) is 1. The first-order valence-corrected chi connectivity index (χ1v) is 10.3. The molecule has 0 amide bonds. The molecule has 33 heavy (non-hydrogen) atoms. The molecular formula is C23H23N5O5. The highest BCUT2D eigenvalue weighted by molar-refractivity contribution is 6.00. The molecule has 1 aliphatic rings. The Morgan fingerprint density at radius 1 is 1.30 bits per heavy atom. The van der Waals surface area contributed by atoms with Crippen LogP contribution in [-0.2, 0) is 4.79 Å². The number of aliphatic carboxylic acids is 1. The van der Waals surface area contributed by atoms with E-state index in [9.17, 15) is 20.0 Å². The summed E-state index contributed by atoms with van der Waals surface area (Å²) in [7, 11) is 0. The normalized spacial score (nSPS) is 20.1. The number of carboxylic acids is 1. The van der Waals surface area contributed by atoms with E-state index in [1.807, 2.05) is 24.6 Å². The average Bonchev–Trinajstić information content (AvgIpc) is 3.17. The fourth-order valence-electron chi connectivity index (χ4n) is 4.05. The highest BCUT2D eigenvalue weighted by Gasteiger charge is 2.53. The van der Waals surface area contributed by atoms with Crippen LogP contribution in [0.1, 0.15) is 26.8 Å². The Balaban J connectivity index is 1.72. The van der Waals surface area contributed by atoms with Crippen LogP contribution in [0.4, 0.5) is 5.82 Å². The zero-order chi connectivity index (χ0) is 23.9. The minimum Gasteiger partial charge on any atom is -0.478 e. The maximum atomic E-state index is 12.0. The number of fused-ring (bicyclic) bond motifs is 1. The summed E-state index contributed by atoms with van der Waals surface area (Å²) in [5, 5.41) is 22.1. The van der Waals surface area contributed by atoms with Gasteiger partial charge in [0.15, 0.2) is 0 Å². The first-order valence-electron chi connectivity index (χ1n) is 10.3. The number of nitrogens with zero attached hydrogens (tertiary/aromatic N) is 4. The molecule has 170 valence electrons. The standard InChI is InChI=1S/C23H23N5O5/c1-13(2)27-11-18(19-20(24)25-12-26-21(19)27)15-6-8-16(9-7-15)33-23(28(31)32)10-4-5-17(14(23)3)22(29)30/h4-14H,1-3H3,(H,29,30)(H2,24,25,26). The molecule has 0 radical (unpaired) electrons. The molecule has 0 bridgehead atoms. The summed E-state index contributed by atoms with van der Waals surface area (Å²) in [6, 6.07) is 6.89. The van der Waals surface area contributed by atoms with Crippen molar-refractivity contribution < 1.29 is 19.6 Å². The molecule has 3 N–H and O–H groups in total. The zero-order valence-corrected chi connectivity index (χ0v) is 18.3. The van der Waals surface area contributed by atoms with Crippen molar-refractivity contribution in [3.8, 4) is 16.9 Å². The van der Waals surface area contributed by atoms with Crippen LogP contribution in [0.25, 0.3) is 22.2 Å². The van der Waals surface area contributed by atoms with E-state index in [0.29, 0.717) is 11.5 Å². The molecule has 3 aromatic rings. The number of nitrogen functional groups attached to an aromatic ring is 1. The fraction of sp³-hybridized carbons (Fsp3) is 0.261. The largest absolute Gasteiger partial charge is 0.478 e. The first kappa shape index (κ1) is 22.0. The van der Waals surface area contributed by atoms with Gasteiger partial charge in [-0.2, -0.15) is 0 Å². The summed E-state index contributed by atoms with van der Waals surface area (Å²) < 4.78 is 7.80. The lowest BCUT2D eigenvalue weighted by atomic mass is 9.85. The molecule has 2 heterocycles. The summed E-state index contributed by atoms with van der Waals surface area (Å²) in [6.45, 7) is 5.53. The average molecular weight is 449 g/mol. The van der Waals surface area contributed by atoms with E-state index in [2.05, 4.69) is 9.97 Å². The van der Waals surface area contributed by atoms with E-state index in [0.717, 1.165) is 16.5 Å². The van der Waals surface area contributed by atoms with E-state index in [-0.39, 0.29) is 17.4 Å². The third kappa shape index (κ3) is 3.59. The van der Waals surface area contributed by atoms with Gasteiger partial charge in [0.05, 0.1) is 15.9 Å². The molecule has 2 unspecified atom stereocenters. The number of anilines is 1. The van der Waals surface area contributed by atoms with Crippen LogP contribution in [0.2, 0.25) is 0 Å². The smallest absolute Gasteiger partial charge is 0.390 e. The van der Waals surface area contributed by atoms with E-state index >= 15 is 0 Å². The van der Waals surface area contributed by atoms with Crippen molar-refractivity contribution in [1.82, 2.24) is 14.5 Å². The Hall–Kier alpha value is -4.21. The highest BCUT2D eigenvalue weighted by Crippen LogP contribution is 2.38. The SMILES string of the molecule is CC(C)n1cc(-c2ccc(OC3([N+](=O)[O-])C=CC=C(C(=O)O)C3C)cc2)c2c(N)ncnc21. The number of carbonyl (C=O) groups is 1. The second kappa shape index (κ2) is 8.05. The molecule has 2 atom stereocenters. The Morgan fingerprint density at radius 3 is 2.61 bits per heavy atom. The number of hydrogen-bond acceptors (Lipinski definition) is 7. The van der Waals surface area contributed by atoms with Crippen molar-refractivity contribution in [2.24, 2.45) is 5.92 Å². The topological polar surface area (TPSA) is 146 Å². The summed E-state index contributed by atoms with van der Waals surface area (Å²) in [6.07, 6.45) is 7.33. The molecule has 0 aliphatic heterocycles. The van der Waals surface area contributed by atoms with Gasteiger partial charge >= 0.3 is 11.7 Å². The summed E-state index contributed by atoms with van der Waals surface area (Å²) in [4.78, 5) is 31.4. The van der Waals surface area contributed by atoms with Gasteiger partial charge in [-0.05, 0) is 38.5 Å². The molecule has 1 aliphatic carbocycles. The van der Waals surface area contributed by atoms with Gasteiger partial charge in [-0.3, -0.25) is 10.1 Å². The number of benzene rings is 1. The van der Waals surface area contributed by atoms with Gasteiger partial charge in [-0.1, -0.05) is 24.3 Å². The van der Waals surface area contributed by atoms with Crippen LogP contribution in [0.5, 0.6) is 5.75 Å². The van der Waals surface area contributed by atoms with Crippen molar-refractivity contribution in [2.75, 3.05) is 5.73 Å². The summed E-state index contributed by atoms with van der Waals surface area (Å²) in [5.74, 6) is -1.64. The van der Waals surface area contributed by atoms with E-state index in [1.165, 1.54) is 31.5 Å². The number of nitrogens with two attached hydrogens (primary N) is 1. The Kier molecular flexibility index (Phi) is 5.36. The molecular weight excluding hydrogens is 426 g/mol. The Morgan fingerprint density at radius 2 is 2.00 bits per heavy atom. The third-order valence-corrected chi connectivity index (χ3v) is 5.87. The van der Waals surface area contributed by atoms with Crippen LogP contribution in [-0.4, -0.2) is 36.3 Å². The van der Waals surface area contributed by atoms with E-state index in [1.54, 1.807) is 24.3 Å². The molecule has 10 heteroatoms. The number of aromatic nitrogens is 3. The van der Waals surface area contributed by atoms with Gasteiger partial charge in [0, 0.05) is 23.9 Å². The van der Waals surface area contributed by atoms with Gasteiger partial charge in [0.1, 0.15) is 29.5 Å². The molecule has 1 aromatic carbocycles. The molecule has 2 aromatic heterocycles. The number of hydrogen-bond donors (Lipinski definition) is 2. The van der Waals surface area contributed by atoms with Crippen LogP contribution < -0.4 is 10.5 Å². The number of nitro groups is 1. The van der Waals surface area contributed by atoms with Gasteiger partial charge < -0.3 is 20.1 Å². The molecule has 0 fully saturated rings. The van der Waals surface area contributed by atoms with Gasteiger partial charge in [-0.15, -0.1) is 0 Å². The monoisotopic (exact) mass is 449 g/mol. The lowest BCUT2D eigenvalue weighted by Gasteiger charge is -2.30. The van der Waals surface area contributed by atoms with E-state index in [4.69, 9.17) is 10.5 Å². The molecule has 0 saturated heterocycles. The minimum atomic E-state index is -2.03. The second-order valence-corrected chi connectivity index (χ2v) is 8.14. The predicted octanol–water partition coefficient (Wildman–Crippen LogP) is 3.83. The van der Waals surface area contributed by atoms with Crippen molar-refractivity contribution >= 4 is 22.8 Å². The summed E-state index contributed by atoms with van der Waals surface area (Å²) >= 11 is 0. The molecule has 4 rings (SSSR count). The number of rotatable bonds is 6. The first-order chi connectivity index (χ1) is 15.7. The number of carboxylic acid groups (broad SMARTS) is 1. The van der Waals surface area contributed by atoms with Crippen molar-refractivity contribution in [1.29, 1.82) is 0 Å². The second-order valence-electron chi connectivity index (χ2n) is 8.14. The van der Waals surface area contributed by atoms with Crippen molar-refractivity contribution in [3.05, 3.63) is 70.7 Å². The van der Waals surface area contributed by atoms with Crippen LogP contribution in [0.3, 0.4) is 0 Å². The van der Waals surface area contributed by atoms with Crippen molar-refractivity contribution in [2.45, 2.75) is 32.5 Å². The zero-order valence-electron chi connectivity index (χ0n) is 18.3. The third-order valence-electron chi connectivity index (χ3n) is 5.87. The Bertz CT molecular complexity index is 1310. The van der Waals surface area contributed by atoms with Crippen molar-refractivity contribution in [3.63, 3.8) is 0 Å². The van der Waals surface area contributed by atoms with Gasteiger partial charge in [0.2, 0.25) is 0 Å². The number of allylic oxidation sites excluding steroid dienone is 2. The highest BCUT2D eigenvalue weighted by atomic mass is 16.7. The lowest BCUT2D eigenvalue weighted by molar-refractivity contribution is -0.608. The maximum Gasteiger partial charge on any atom is 0.390 e. The fourth-order valence-corrected chi connectivity index (χ4v) is 4.05. The summed E-state index contributed by atoms with van der Waals surface area (Å²) in [5.41, 5.74) is 6.37. The molecule has 0 spiro atoms. The Labute approximate surface area is 189 Å². The van der Waals surface area contributed by atoms with Gasteiger partial charge in [-0.25, -0.2) is 14.8 Å². The predicted molar refractivity (Wildman–Crippen MR) is 122 cm³/mol. The maximum absolute atomic E-state index is 12.0. The molecule has 10 nitrogen and oxygen atoms in total. The van der Waals surface area contributed by atoms with Gasteiger partial charge in [0.25, 0.3) is 0 Å². The minimum absolute atomic E-state index is 0.0946. The van der Waals surface area contributed by atoms with Crippen LogP contribution in [0.15, 0.2) is 60.6 Å². The van der Waals surface area contributed by atoms with Crippen LogP contribution in [0, 0.1) is 16.0 Å². The molecule has 0 saturated carbocycles.